The molecule has 6 nitrogen and oxygen atoms in total. The number of nitrogens with zero attached hydrogens (tertiary/aromatic N) is 6. The van der Waals surface area contributed by atoms with Crippen LogP contribution in [0.4, 0.5) is 0 Å². The Kier molecular flexibility index (Phi) is 8.12. The van der Waals surface area contributed by atoms with Gasteiger partial charge in [-0.1, -0.05) is 164 Å². The maximum atomic E-state index is 10.4. The van der Waals surface area contributed by atoms with Gasteiger partial charge in [0, 0.05) is 43.6 Å². The lowest BCUT2D eigenvalue weighted by atomic mass is 10.0. The summed E-state index contributed by atoms with van der Waals surface area (Å²) in [6.07, 6.45) is 0. The summed E-state index contributed by atoms with van der Waals surface area (Å²) in [7, 11) is 0. The summed E-state index contributed by atoms with van der Waals surface area (Å²) in [4.78, 5) is 15.5. The Morgan fingerprint density at radius 3 is 1.68 bits per heavy atom. The van der Waals surface area contributed by atoms with Crippen LogP contribution in [0.25, 0.3) is 111 Å². The van der Waals surface area contributed by atoms with E-state index in [-0.39, 0.29) is 0 Å². The fourth-order valence-corrected chi connectivity index (χ4v) is 9.19. The highest BCUT2D eigenvalue weighted by Crippen LogP contribution is 2.44. The van der Waals surface area contributed by atoms with Crippen LogP contribution in [0, 0.1) is 11.3 Å². The predicted molar refractivity (Wildman–Crippen MR) is 252 cm³/mol. The molecular formula is C56H34N6. The highest BCUT2D eigenvalue weighted by atomic mass is 15.1. The van der Waals surface area contributed by atoms with Crippen LogP contribution < -0.4 is 0 Å². The number of fused-ring (bicyclic) bond motifs is 8. The number of hydrogen-bond acceptors (Lipinski definition) is 4. The van der Waals surface area contributed by atoms with Gasteiger partial charge < -0.3 is 9.13 Å². The number of nitriles is 1. The van der Waals surface area contributed by atoms with E-state index < -0.39 is 0 Å². The molecule has 6 heteroatoms. The Bertz CT molecular complexity index is 3740. The molecule has 0 N–H and O–H groups in total. The predicted octanol–water partition coefficient (Wildman–Crippen LogP) is 13.8. The van der Waals surface area contributed by atoms with E-state index in [2.05, 4.69) is 155 Å². The molecule has 0 atom stereocenters. The fraction of sp³-hybridized carbons (Fsp3) is 0. The van der Waals surface area contributed by atoms with Crippen molar-refractivity contribution in [3.8, 4) is 62.7 Å². The number of rotatable bonds is 6. The van der Waals surface area contributed by atoms with Gasteiger partial charge in [0.15, 0.2) is 17.5 Å². The normalized spacial score (nSPS) is 11.5. The lowest BCUT2D eigenvalue weighted by Gasteiger charge is -2.16. The summed E-state index contributed by atoms with van der Waals surface area (Å²) in [6.45, 7) is 0. The zero-order valence-electron chi connectivity index (χ0n) is 33.3. The molecule has 0 aliphatic rings. The summed E-state index contributed by atoms with van der Waals surface area (Å²) < 4.78 is 4.76. The Morgan fingerprint density at radius 2 is 0.935 bits per heavy atom. The molecule has 288 valence electrons. The lowest BCUT2D eigenvalue weighted by Crippen LogP contribution is -2.04. The summed E-state index contributed by atoms with van der Waals surface area (Å²) in [5.74, 6) is 1.57. The first-order chi connectivity index (χ1) is 30.7. The zero-order chi connectivity index (χ0) is 41.1. The van der Waals surface area contributed by atoms with Crippen molar-refractivity contribution in [2.24, 2.45) is 0 Å². The Labute approximate surface area is 356 Å². The molecule has 12 aromatic rings. The van der Waals surface area contributed by atoms with E-state index in [1.54, 1.807) is 0 Å². The van der Waals surface area contributed by atoms with Crippen molar-refractivity contribution in [3.05, 3.63) is 212 Å². The lowest BCUT2D eigenvalue weighted by molar-refractivity contribution is 1.06. The van der Waals surface area contributed by atoms with Crippen LogP contribution in [0.3, 0.4) is 0 Å². The van der Waals surface area contributed by atoms with Gasteiger partial charge in [0.2, 0.25) is 0 Å². The van der Waals surface area contributed by atoms with Gasteiger partial charge in [0.1, 0.15) is 0 Å². The maximum Gasteiger partial charge on any atom is 0.166 e. The van der Waals surface area contributed by atoms with Crippen molar-refractivity contribution >= 4 is 54.4 Å². The van der Waals surface area contributed by atoms with Gasteiger partial charge in [-0.2, -0.15) is 5.26 Å². The minimum absolute atomic E-state index is 0.476. The van der Waals surface area contributed by atoms with Crippen LogP contribution in [-0.2, 0) is 0 Å². The number of para-hydroxylation sites is 2. The van der Waals surface area contributed by atoms with Gasteiger partial charge in [0.25, 0.3) is 0 Å². The maximum absolute atomic E-state index is 10.4. The number of benzene rings is 9. The Morgan fingerprint density at radius 1 is 0.371 bits per heavy atom. The molecule has 0 unspecified atom stereocenters. The quantitative estimate of drug-likeness (QED) is 0.168. The Hall–Kier alpha value is -8.66. The van der Waals surface area contributed by atoms with Gasteiger partial charge in [-0.25, -0.2) is 15.0 Å². The smallest absolute Gasteiger partial charge is 0.166 e. The second-order valence-corrected chi connectivity index (χ2v) is 15.5. The molecular weight excluding hydrogens is 757 g/mol. The van der Waals surface area contributed by atoms with Gasteiger partial charge in [-0.15, -0.1) is 0 Å². The number of hydrogen-bond donors (Lipinski definition) is 0. The van der Waals surface area contributed by atoms with E-state index in [9.17, 15) is 5.26 Å². The zero-order valence-corrected chi connectivity index (χ0v) is 33.3. The third-order valence-electron chi connectivity index (χ3n) is 12.0. The third kappa shape index (κ3) is 5.61. The first-order valence-corrected chi connectivity index (χ1v) is 20.7. The minimum Gasteiger partial charge on any atom is -0.309 e. The molecule has 0 amide bonds. The van der Waals surface area contributed by atoms with Crippen molar-refractivity contribution in [1.29, 1.82) is 5.26 Å². The van der Waals surface area contributed by atoms with Crippen molar-refractivity contribution in [3.63, 3.8) is 0 Å². The molecule has 0 aliphatic heterocycles. The van der Waals surface area contributed by atoms with E-state index in [1.807, 2.05) is 66.7 Å². The van der Waals surface area contributed by atoms with Gasteiger partial charge in [-0.05, 0) is 59.0 Å². The summed E-state index contributed by atoms with van der Waals surface area (Å²) in [5, 5.41) is 17.3. The SMILES string of the molecule is N#Cc1ccc(-n2c3ccccc3c3ccc4c(c5ccccc5n4-c4cccc5ccccc45)c32)c(-c2nc(-c3ccccc3)nc(-c3ccc(-c4ccccc4)cc3)n2)c1. The molecule has 12 rings (SSSR count). The molecule has 0 saturated heterocycles. The van der Waals surface area contributed by atoms with E-state index >= 15 is 0 Å². The fourth-order valence-electron chi connectivity index (χ4n) is 9.19. The van der Waals surface area contributed by atoms with Crippen LogP contribution >= 0.6 is 0 Å². The molecule has 0 fully saturated rings. The first kappa shape index (κ1) is 35.3. The molecule has 0 radical (unpaired) electrons. The standard InChI is InChI=1S/C56H34N6/c57-35-36-26-32-50(46(34-36)56-59-54(40-17-5-2-6-18-40)58-55(60-56)41-29-27-38(28-30-41)37-14-3-1-4-15-37)62-48-23-11-9-21-43(48)44-31-33-51-52(53(44)62)45-22-10-12-24-49(45)61(51)47-25-13-19-39-16-7-8-20-42(39)47/h1-34H. The monoisotopic (exact) mass is 790 g/mol. The summed E-state index contributed by atoms with van der Waals surface area (Å²) in [5.41, 5.74) is 11.5. The molecule has 0 bridgehead atoms. The topological polar surface area (TPSA) is 72.3 Å². The average molecular weight is 791 g/mol. The molecule has 0 saturated carbocycles. The van der Waals surface area contributed by atoms with Gasteiger partial charge in [-0.3, -0.25) is 0 Å². The van der Waals surface area contributed by atoms with E-state index in [0.29, 0.717) is 23.0 Å². The molecule has 9 aromatic carbocycles. The molecule has 3 heterocycles. The molecule has 0 aliphatic carbocycles. The van der Waals surface area contributed by atoms with Crippen LogP contribution in [-0.4, -0.2) is 24.1 Å². The highest BCUT2D eigenvalue weighted by Gasteiger charge is 2.24. The van der Waals surface area contributed by atoms with Crippen molar-refractivity contribution in [1.82, 2.24) is 24.1 Å². The van der Waals surface area contributed by atoms with Crippen molar-refractivity contribution < 1.29 is 0 Å². The Balaban J connectivity index is 1.15. The third-order valence-corrected chi connectivity index (χ3v) is 12.0. The van der Waals surface area contributed by atoms with E-state index in [0.717, 1.165) is 82.8 Å². The first-order valence-electron chi connectivity index (χ1n) is 20.7. The summed E-state index contributed by atoms with van der Waals surface area (Å²) >= 11 is 0. The van der Waals surface area contributed by atoms with Crippen molar-refractivity contribution in [2.75, 3.05) is 0 Å². The van der Waals surface area contributed by atoms with Gasteiger partial charge >= 0.3 is 0 Å². The van der Waals surface area contributed by atoms with Gasteiger partial charge in [0.05, 0.1) is 45.1 Å². The molecule has 62 heavy (non-hydrogen) atoms. The van der Waals surface area contributed by atoms with E-state index in [4.69, 9.17) is 15.0 Å². The molecule has 0 spiro atoms. The second kappa shape index (κ2) is 14.3. The minimum atomic E-state index is 0.476. The average Bonchev–Trinajstić information content (AvgIpc) is 3.87. The van der Waals surface area contributed by atoms with Crippen LogP contribution in [0.15, 0.2) is 206 Å². The van der Waals surface area contributed by atoms with Crippen molar-refractivity contribution in [2.45, 2.75) is 0 Å². The summed E-state index contributed by atoms with van der Waals surface area (Å²) in [6, 6.07) is 73.8. The number of aromatic nitrogens is 5. The van der Waals surface area contributed by atoms with Crippen LogP contribution in [0.1, 0.15) is 5.56 Å². The highest BCUT2D eigenvalue weighted by molar-refractivity contribution is 6.26. The second-order valence-electron chi connectivity index (χ2n) is 15.5. The van der Waals surface area contributed by atoms with Crippen LogP contribution in [0.5, 0.6) is 0 Å². The van der Waals surface area contributed by atoms with E-state index in [1.165, 1.54) is 10.8 Å². The largest absolute Gasteiger partial charge is 0.309 e. The van der Waals surface area contributed by atoms with Crippen LogP contribution in [0.2, 0.25) is 0 Å². The molecule has 3 aromatic heterocycles.